The normalized spacial score (nSPS) is 12.0. The van der Waals surface area contributed by atoms with Gasteiger partial charge in [-0.3, -0.25) is 9.59 Å². The van der Waals surface area contributed by atoms with E-state index in [9.17, 15) is 14.4 Å². The van der Waals surface area contributed by atoms with E-state index in [1.165, 1.54) is 19.2 Å². The van der Waals surface area contributed by atoms with E-state index < -0.39 is 12.6 Å². The van der Waals surface area contributed by atoms with Crippen molar-refractivity contribution in [1.29, 1.82) is 0 Å². The number of carbonyl (C=O) groups excluding carboxylic acids is 3. The highest BCUT2D eigenvalue weighted by Gasteiger charge is 2.18. The van der Waals surface area contributed by atoms with Crippen LogP contribution in [0.15, 0.2) is 30.5 Å². The summed E-state index contributed by atoms with van der Waals surface area (Å²) in [5.74, 6) is -0.183. The third kappa shape index (κ3) is 3.08. The van der Waals surface area contributed by atoms with E-state index in [2.05, 4.69) is 4.98 Å². The van der Waals surface area contributed by atoms with Crippen molar-refractivity contribution < 1.29 is 28.6 Å². The molecule has 1 N–H and O–H groups in total. The van der Waals surface area contributed by atoms with Gasteiger partial charge >= 0.3 is 5.97 Å². The molecule has 1 aliphatic heterocycles. The second-order valence-electron chi connectivity index (χ2n) is 4.93. The molecule has 0 unspecified atom stereocenters. The van der Waals surface area contributed by atoms with Gasteiger partial charge in [-0.25, -0.2) is 4.79 Å². The summed E-state index contributed by atoms with van der Waals surface area (Å²) in [5.41, 5.74) is 0.852. The number of benzene rings is 1. The lowest BCUT2D eigenvalue weighted by Gasteiger charge is -2.04. The Hall–Kier alpha value is -3.09. The van der Waals surface area contributed by atoms with E-state index in [0.717, 1.165) is 0 Å². The van der Waals surface area contributed by atoms with Crippen LogP contribution in [0.3, 0.4) is 0 Å². The van der Waals surface area contributed by atoms with Crippen molar-refractivity contribution in [2.45, 2.75) is 6.92 Å². The average molecular weight is 315 g/mol. The number of hydrogen-bond donors (Lipinski definition) is 1. The van der Waals surface area contributed by atoms with Gasteiger partial charge in [0.2, 0.25) is 6.79 Å². The Morgan fingerprint density at radius 1 is 1.13 bits per heavy atom. The molecule has 118 valence electrons. The Morgan fingerprint density at radius 2 is 1.91 bits per heavy atom. The third-order valence-electron chi connectivity index (χ3n) is 3.34. The Labute approximate surface area is 131 Å². The number of rotatable bonds is 5. The van der Waals surface area contributed by atoms with E-state index >= 15 is 0 Å². The zero-order valence-electron chi connectivity index (χ0n) is 12.3. The number of carbonyl (C=O) groups is 3. The van der Waals surface area contributed by atoms with E-state index in [-0.39, 0.29) is 24.1 Å². The number of fused-ring (bicyclic) bond motifs is 1. The third-order valence-corrected chi connectivity index (χ3v) is 3.34. The second kappa shape index (κ2) is 5.96. The number of ether oxygens (including phenoxy) is 3. The molecule has 23 heavy (non-hydrogen) atoms. The summed E-state index contributed by atoms with van der Waals surface area (Å²) in [7, 11) is 0. The fourth-order valence-electron chi connectivity index (χ4n) is 2.08. The van der Waals surface area contributed by atoms with Gasteiger partial charge in [-0.2, -0.15) is 0 Å². The van der Waals surface area contributed by atoms with Crippen LogP contribution < -0.4 is 9.47 Å². The molecule has 1 aromatic carbocycles. The number of aromatic amines is 1. The molecule has 0 amide bonds. The maximum atomic E-state index is 12.1. The Balaban J connectivity index is 1.62. The van der Waals surface area contributed by atoms with Crippen LogP contribution in [0.4, 0.5) is 0 Å². The van der Waals surface area contributed by atoms with Crippen LogP contribution in [-0.2, 0) is 4.74 Å². The van der Waals surface area contributed by atoms with Crippen molar-refractivity contribution in [3.05, 3.63) is 47.3 Å². The summed E-state index contributed by atoms with van der Waals surface area (Å²) in [4.78, 5) is 37.7. The molecule has 7 nitrogen and oxygen atoms in total. The predicted molar refractivity (Wildman–Crippen MR) is 78.0 cm³/mol. The Bertz CT molecular complexity index is 792. The standard InChI is InChI=1S/C16H13NO6/c1-9(18)11-4-12(17-6-11)16(20)21-7-13(19)10-2-3-14-15(5-10)23-8-22-14/h2-6,17H,7-8H2,1H3. The smallest absolute Gasteiger partial charge is 0.355 e. The van der Waals surface area contributed by atoms with Crippen LogP contribution in [-0.4, -0.2) is 35.9 Å². The zero-order valence-corrected chi connectivity index (χ0v) is 12.3. The molecule has 0 aliphatic carbocycles. The van der Waals surface area contributed by atoms with Gasteiger partial charge in [-0.1, -0.05) is 0 Å². The Morgan fingerprint density at radius 3 is 2.65 bits per heavy atom. The summed E-state index contributed by atoms with van der Waals surface area (Å²) < 4.78 is 15.3. The first-order chi connectivity index (χ1) is 11.0. The van der Waals surface area contributed by atoms with Crippen LogP contribution in [0.2, 0.25) is 0 Å². The minimum atomic E-state index is -0.702. The van der Waals surface area contributed by atoms with E-state index in [1.807, 2.05) is 0 Å². The van der Waals surface area contributed by atoms with Gasteiger partial charge in [-0.15, -0.1) is 0 Å². The molecule has 0 spiro atoms. The van der Waals surface area contributed by atoms with Gasteiger partial charge in [0, 0.05) is 17.3 Å². The largest absolute Gasteiger partial charge is 0.454 e. The number of ketones is 2. The maximum absolute atomic E-state index is 12.1. The summed E-state index contributed by atoms with van der Waals surface area (Å²) in [6.45, 7) is 1.10. The molecule has 0 radical (unpaired) electrons. The topological polar surface area (TPSA) is 94.7 Å². The monoisotopic (exact) mass is 315 g/mol. The van der Waals surface area contributed by atoms with Gasteiger partial charge in [0.05, 0.1) is 0 Å². The zero-order chi connectivity index (χ0) is 16.4. The molecular formula is C16H13NO6. The molecule has 0 saturated carbocycles. The molecule has 0 bridgehead atoms. The van der Waals surface area contributed by atoms with E-state index in [4.69, 9.17) is 14.2 Å². The number of nitrogens with one attached hydrogen (secondary N) is 1. The fraction of sp³-hybridized carbons (Fsp3) is 0.188. The first kappa shape index (κ1) is 14.8. The molecule has 1 aliphatic rings. The highest BCUT2D eigenvalue weighted by Crippen LogP contribution is 2.32. The van der Waals surface area contributed by atoms with Crippen LogP contribution in [0.5, 0.6) is 11.5 Å². The van der Waals surface area contributed by atoms with Crippen molar-refractivity contribution in [1.82, 2.24) is 4.98 Å². The van der Waals surface area contributed by atoms with E-state index in [1.54, 1.807) is 18.2 Å². The number of aromatic nitrogens is 1. The van der Waals surface area contributed by atoms with Crippen LogP contribution in [0.1, 0.15) is 38.1 Å². The number of hydrogen-bond acceptors (Lipinski definition) is 6. The molecule has 0 atom stereocenters. The molecular weight excluding hydrogens is 302 g/mol. The average Bonchev–Trinajstić information content (AvgIpc) is 3.20. The fourth-order valence-corrected chi connectivity index (χ4v) is 2.08. The lowest BCUT2D eigenvalue weighted by Crippen LogP contribution is -2.14. The summed E-state index contributed by atoms with van der Waals surface area (Å²) in [6, 6.07) is 6.13. The molecule has 2 heterocycles. The summed E-state index contributed by atoms with van der Waals surface area (Å²) >= 11 is 0. The second-order valence-corrected chi connectivity index (χ2v) is 4.93. The van der Waals surface area contributed by atoms with Crippen LogP contribution in [0.25, 0.3) is 0 Å². The van der Waals surface area contributed by atoms with Crippen LogP contribution >= 0.6 is 0 Å². The first-order valence-electron chi connectivity index (χ1n) is 6.84. The molecule has 2 aromatic rings. The van der Waals surface area contributed by atoms with Crippen molar-refractivity contribution in [3.63, 3.8) is 0 Å². The predicted octanol–water partition coefficient (Wildman–Crippen LogP) is 1.99. The summed E-state index contributed by atoms with van der Waals surface area (Å²) in [5, 5.41) is 0. The van der Waals surface area contributed by atoms with Gasteiger partial charge in [-0.05, 0) is 31.2 Å². The minimum Gasteiger partial charge on any atom is -0.454 e. The highest BCUT2D eigenvalue weighted by molar-refractivity contribution is 6.00. The van der Waals surface area contributed by atoms with Crippen molar-refractivity contribution in [2.75, 3.05) is 13.4 Å². The summed E-state index contributed by atoms with van der Waals surface area (Å²) in [6.07, 6.45) is 1.42. The number of esters is 1. The van der Waals surface area contributed by atoms with Crippen LogP contribution in [0, 0.1) is 0 Å². The van der Waals surface area contributed by atoms with Crippen molar-refractivity contribution >= 4 is 17.5 Å². The SMILES string of the molecule is CC(=O)c1c[nH]c(C(=O)OCC(=O)c2ccc3c(c2)OCO3)c1. The van der Waals surface area contributed by atoms with Crippen molar-refractivity contribution in [2.24, 2.45) is 0 Å². The number of Topliss-reactive ketones (excluding diaryl/α,β-unsaturated/α-hetero) is 2. The lowest BCUT2D eigenvalue weighted by molar-refractivity contribution is 0.0469. The molecule has 7 heteroatoms. The van der Waals surface area contributed by atoms with Gasteiger partial charge in [0.25, 0.3) is 0 Å². The molecule has 0 fully saturated rings. The van der Waals surface area contributed by atoms with Gasteiger partial charge in [0.1, 0.15) is 5.69 Å². The minimum absolute atomic E-state index is 0.118. The number of H-pyrrole nitrogens is 1. The molecule has 3 rings (SSSR count). The van der Waals surface area contributed by atoms with Gasteiger partial charge < -0.3 is 19.2 Å². The Kier molecular flexibility index (Phi) is 3.84. The van der Waals surface area contributed by atoms with Crippen molar-refractivity contribution in [3.8, 4) is 11.5 Å². The first-order valence-corrected chi connectivity index (χ1v) is 6.84. The lowest BCUT2D eigenvalue weighted by atomic mass is 10.1. The van der Waals surface area contributed by atoms with E-state index in [0.29, 0.717) is 22.6 Å². The quantitative estimate of drug-likeness (QED) is 0.669. The van der Waals surface area contributed by atoms with Gasteiger partial charge in [0.15, 0.2) is 29.7 Å². The molecule has 0 saturated heterocycles. The molecule has 1 aromatic heterocycles. The highest BCUT2D eigenvalue weighted by atomic mass is 16.7. The maximum Gasteiger partial charge on any atom is 0.355 e.